The van der Waals surface area contributed by atoms with Gasteiger partial charge in [-0.1, -0.05) is 18.2 Å². The molecule has 2 fully saturated rings. The SMILES string of the molecule is Cl.O=C(O)C1(S(=O)(=O)c2ccc(Oc3ccccc3)cc2)CCN(C2CC2)CC1. The van der Waals surface area contributed by atoms with Crippen LogP contribution in [0.5, 0.6) is 11.5 Å². The summed E-state index contributed by atoms with van der Waals surface area (Å²) in [5.41, 5.74) is 0. The highest BCUT2D eigenvalue weighted by Crippen LogP contribution is 2.39. The highest BCUT2D eigenvalue weighted by Gasteiger charge is 2.54. The summed E-state index contributed by atoms with van der Waals surface area (Å²) in [4.78, 5) is 14.3. The van der Waals surface area contributed by atoms with E-state index in [1.54, 1.807) is 24.3 Å². The Hall–Kier alpha value is -2.09. The number of aliphatic carboxylic acids is 1. The van der Waals surface area contributed by atoms with Gasteiger partial charge in [-0.15, -0.1) is 12.4 Å². The average Bonchev–Trinajstić information content (AvgIpc) is 3.54. The lowest BCUT2D eigenvalue weighted by Gasteiger charge is -2.38. The number of nitrogens with zero attached hydrogens (tertiary/aromatic N) is 1. The fourth-order valence-corrected chi connectivity index (χ4v) is 5.72. The minimum Gasteiger partial charge on any atom is -0.480 e. The molecule has 1 aliphatic carbocycles. The summed E-state index contributed by atoms with van der Waals surface area (Å²) in [5.74, 6) is -0.113. The van der Waals surface area contributed by atoms with Gasteiger partial charge in [0.15, 0.2) is 14.6 Å². The molecule has 0 unspecified atom stereocenters. The van der Waals surface area contributed by atoms with Gasteiger partial charge in [0.1, 0.15) is 11.5 Å². The van der Waals surface area contributed by atoms with Crippen molar-refractivity contribution in [1.82, 2.24) is 4.90 Å². The number of halogens is 1. The first-order valence-corrected chi connectivity index (χ1v) is 11.0. The van der Waals surface area contributed by atoms with Crippen LogP contribution in [0, 0.1) is 0 Å². The number of hydrogen-bond donors (Lipinski definition) is 1. The van der Waals surface area contributed by atoms with Crippen LogP contribution < -0.4 is 4.74 Å². The van der Waals surface area contributed by atoms with E-state index in [1.165, 1.54) is 12.1 Å². The van der Waals surface area contributed by atoms with Gasteiger partial charge >= 0.3 is 5.97 Å². The monoisotopic (exact) mass is 437 g/mol. The largest absolute Gasteiger partial charge is 0.480 e. The zero-order valence-electron chi connectivity index (χ0n) is 15.9. The van der Waals surface area contributed by atoms with Gasteiger partial charge in [-0.3, -0.25) is 4.79 Å². The van der Waals surface area contributed by atoms with Crippen LogP contribution in [0.3, 0.4) is 0 Å². The normalized spacial score (nSPS) is 19.2. The van der Waals surface area contributed by atoms with Gasteiger partial charge in [-0.2, -0.15) is 0 Å². The standard InChI is InChI=1S/C21H23NO5S.ClH/c23-20(24)21(12-14-22(15-13-21)16-6-7-16)28(25,26)19-10-8-18(9-11-19)27-17-4-2-1-3-5-17;/h1-5,8-11,16H,6-7,12-15H2,(H,23,24);1H. The quantitative estimate of drug-likeness (QED) is 0.740. The molecule has 4 rings (SSSR count). The number of carboxylic acid groups (broad SMARTS) is 1. The van der Waals surface area contributed by atoms with E-state index in [-0.39, 0.29) is 30.1 Å². The van der Waals surface area contributed by atoms with Crippen molar-refractivity contribution in [3.8, 4) is 11.5 Å². The van der Waals surface area contributed by atoms with Crippen molar-refractivity contribution in [3.05, 3.63) is 54.6 Å². The molecule has 2 aromatic rings. The van der Waals surface area contributed by atoms with Crippen LogP contribution in [-0.4, -0.2) is 48.3 Å². The number of carboxylic acids is 1. The van der Waals surface area contributed by atoms with Crippen LogP contribution in [0.4, 0.5) is 0 Å². The van der Waals surface area contributed by atoms with Crippen LogP contribution in [-0.2, 0) is 14.6 Å². The molecular formula is C21H24ClNO5S. The number of hydrogen-bond acceptors (Lipinski definition) is 5. The van der Waals surface area contributed by atoms with Gasteiger partial charge in [0.05, 0.1) is 4.90 Å². The Kier molecular flexibility index (Phi) is 6.22. The second-order valence-corrected chi connectivity index (χ2v) is 9.72. The summed E-state index contributed by atoms with van der Waals surface area (Å²) in [6, 6.07) is 15.7. The maximum Gasteiger partial charge on any atom is 0.325 e. The number of para-hydroxylation sites is 1. The third kappa shape index (κ3) is 4.13. The Morgan fingerprint density at radius 2 is 1.52 bits per heavy atom. The molecule has 1 heterocycles. The summed E-state index contributed by atoms with van der Waals surface area (Å²) in [5, 5.41) is 9.85. The third-order valence-corrected chi connectivity index (χ3v) is 8.19. The van der Waals surface area contributed by atoms with Crippen molar-refractivity contribution < 1.29 is 23.1 Å². The van der Waals surface area contributed by atoms with Crippen LogP contribution in [0.25, 0.3) is 0 Å². The first-order chi connectivity index (χ1) is 13.4. The summed E-state index contributed by atoms with van der Waals surface area (Å²) < 4.78 is 30.5. The minimum atomic E-state index is -4.02. The molecule has 156 valence electrons. The van der Waals surface area contributed by atoms with Crippen LogP contribution in [0.1, 0.15) is 25.7 Å². The van der Waals surface area contributed by atoms with Crippen molar-refractivity contribution in [2.75, 3.05) is 13.1 Å². The van der Waals surface area contributed by atoms with Gasteiger partial charge in [0.25, 0.3) is 0 Å². The Bertz CT molecular complexity index is 950. The molecule has 0 amide bonds. The predicted octanol–water partition coefficient (Wildman–Crippen LogP) is 3.76. The van der Waals surface area contributed by atoms with E-state index in [2.05, 4.69) is 4.90 Å². The van der Waals surface area contributed by atoms with Gasteiger partial charge < -0.3 is 14.7 Å². The summed E-state index contributed by atoms with van der Waals surface area (Å²) in [6.07, 6.45) is 2.47. The second kappa shape index (κ2) is 8.34. The number of rotatable bonds is 6. The van der Waals surface area contributed by atoms with Gasteiger partial charge in [-0.05, 0) is 62.1 Å². The Morgan fingerprint density at radius 1 is 0.966 bits per heavy atom. The molecular weight excluding hydrogens is 414 g/mol. The highest BCUT2D eigenvalue weighted by atomic mass is 35.5. The third-order valence-electron chi connectivity index (χ3n) is 5.69. The Balaban J connectivity index is 0.00000240. The lowest BCUT2D eigenvalue weighted by atomic mass is 9.95. The first-order valence-electron chi connectivity index (χ1n) is 9.47. The van der Waals surface area contributed by atoms with Crippen molar-refractivity contribution in [2.45, 2.75) is 41.4 Å². The lowest BCUT2D eigenvalue weighted by Crippen LogP contribution is -2.54. The molecule has 0 spiro atoms. The fourth-order valence-electron chi connectivity index (χ4n) is 3.82. The first kappa shape index (κ1) is 21.6. The molecule has 0 aromatic heterocycles. The maximum atomic E-state index is 13.3. The zero-order chi connectivity index (χ0) is 19.8. The van der Waals surface area contributed by atoms with Crippen molar-refractivity contribution >= 4 is 28.2 Å². The highest BCUT2D eigenvalue weighted by molar-refractivity contribution is 7.93. The van der Waals surface area contributed by atoms with E-state index in [9.17, 15) is 18.3 Å². The van der Waals surface area contributed by atoms with E-state index >= 15 is 0 Å². The molecule has 1 aliphatic heterocycles. The Labute approximate surface area is 176 Å². The topological polar surface area (TPSA) is 83.9 Å². The van der Waals surface area contributed by atoms with Gasteiger partial charge in [0.2, 0.25) is 0 Å². The fraction of sp³-hybridized carbons (Fsp3) is 0.381. The Morgan fingerprint density at radius 3 is 2.03 bits per heavy atom. The molecule has 1 N–H and O–H groups in total. The predicted molar refractivity (Wildman–Crippen MR) is 112 cm³/mol. The molecule has 2 aromatic carbocycles. The lowest BCUT2D eigenvalue weighted by molar-refractivity contribution is -0.141. The minimum absolute atomic E-state index is 0. The van der Waals surface area contributed by atoms with Crippen molar-refractivity contribution in [1.29, 1.82) is 0 Å². The molecule has 0 atom stereocenters. The number of likely N-dealkylation sites (tertiary alicyclic amines) is 1. The maximum absolute atomic E-state index is 13.3. The van der Waals surface area contributed by atoms with Crippen LogP contribution >= 0.6 is 12.4 Å². The molecule has 0 bridgehead atoms. The number of carbonyl (C=O) groups is 1. The van der Waals surface area contributed by atoms with E-state index < -0.39 is 20.6 Å². The number of benzene rings is 2. The second-order valence-electron chi connectivity index (χ2n) is 7.46. The molecule has 6 nitrogen and oxygen atoms in total. The van der Waals surface area contributed by atoms with Crippen LogP contribution in [0.2, 0.25) is 0 Å². The average molecular weight is 438 g/mol. The van der Waals surface area contributed by atoms with E-state index in [4.69, 9.17) is 4.74 Å². The van der Waals surface area contributed by atoms with Crippen LogP contribution in [0.15, 0.2) is 59.5 Å². The smallest absolute Gasteiger partial charge is 0.325 e. The summed E-state index contributed by atoms with van der Waals surface area (Å²) >= 11 is 0. The van der Waals surface area contributed by atoms with Crippen molar-refractivity contribution in [2.24, 2.45) is 0 Å². The number of sulfone groups is 1. The molecule has 8 heteroatoms. The molecule has 1 saturated heterocycles. The van der Waals surface area contributed by atoms with E-state index in [0.717, 1.165) is 12.8 Å². The van der Waals surface area contributed by atoms with E-state index in [1.807, 2.05) is 18.2 Å². The van der Waals surface area contributed by atoms with E-state index in [0.29, 0.717) is 30.6 Å². The summed E-state index contributed by atoms with van der Waals surface area (Å²) in [6.45, 7) is 1.01. The molecule has 1 saturated carbocycles. The zero-order valence-corrected chi connectivity index (χ0v) is 17.5. The molecule has 0 radical (unpaired) electrons. The molecule has 2 aliphatic rings. The summed E-state index contributed by atoms with van der Waals surface area (Å²) in [7, 11) is -4.02. The number of ether oxygens (including phenoxy) is 1. The number of piperidine rings is 1. The molecule has 29 heavy (non-hydrogen) atoms. The van der Waals surface area contributed by atoms with Gasteiger partial charge in [0, 0.05) is 19.1 Å². The van der Waals surface area contributed by atoms with Gasteiger partial charge in [-0.25, -0.2) is 8.42 Å². The van der Waals surface area contributed by atoms with Crippen molar-refractivity contribution in [3.63, 3.8) is 0 Å².